The predicted octanol–water partition coefficient (Wildman–Crippen LogP) is 5.81. The molecule has 1 N–H and O–H groups in total. The second-order valence-electron chi connectivity index (χ2n) is 6.77. The average Bonchev–Trinajstić information content (AvgIpc) is 3.31. The van der Waals surface area contributed by atoms with E-state index < -0.39 is 0 Å². The van der Waals surface area contributed by atoms with Crippen LogP contribution in [0.3, 0.4) is 0 Å². The zero-order valence-corrected chi connectivity index (χ0v) is 17.1. The van der Waals surface area contributed by atoms with Crippen molar-refractivity contribution in [3.63, 3.8) is 0 Å². The van der Waals surface area contributed by atoms with Crippen molar-refractivity contribution in [1.29, 1.82) is 0 Å². The van der Waals surface area contributed by atoms with Crippen LogP contribution in [0.4, 0.5) is 0 Å². The van der Waals surface area contributed by atoms with E-state index in [0.29, 0.717) is 6.61 Å². The van der Waals surface area contributed by atoms with Crippen molar-refractivity contribution in [2.24, 2.45) is 0 Å². The minimum Gasteiger partial charge on any atom is -0.494 e. The molecule has 0 spiro atoms. The number of hydrogen-bond donors (Lipinski definition) is 1. The van der Waals surface area contributed by atoms with E-state index in [0.717, 1.165) is 29.4 Å². The lowest BCUT2D eigenvalue weighted by Crippen LogP contribution is -1.92. The Morgan fingerprint density at radius 1 is 1.04 bits per heavy atom. The molecule has 4 aromatic rings. The highest BCUT2D eigenvalue weighted by Crippen LogP contribution is 2.34. The Balaban J connectivity index is 1.55. The quantitative estimate of drug-likeness (QED) is 0.453. The molecule has 0 unspecified atom stereocenters. The van der Waals surface area contributed by atoms with Crippen molar-refractivity contribution in [3.05, 3.63) is 76.4 Å². The number of nitrogens with one attached hydrogen (secondary N) is 1. The van der Waals surface area contributed by atoms with Gasteiger partial charge in [0.25, 0.3) is 0 Å². The van der Waals surface area contributed by atoms with Gasteiger partial charge in [0.15, 0.2) is 5.82 Å². The Bertz CT molecular complexity index is 1080. The molecule has 0 saturated carbocycles. The Morgan fingerprint density at radius 3 is 2.57 bits per heavy atom. The van der Waals surface area contributed by atoms with Crippen LogP contribution in [-0.4, -0.2) is 21.8 Å². The minimum atomic E-state index is 0.684. The van der Waals surface area contributed by atoms with E-state index in [1.165, 1.54) is 27.1 Å². The summed E-state index contributed by atoms with van der Waals surface area (Å²) in [7, 11) is 0. The van der Waals surface area contributed by atoms with E-state index in [9.17, 15) is 0 Å². The van der Waals surface area contributed by atoms with Crippen LogP contribution in [0.5, 0.6) is 5.75 Å². The van der Waals surface area contributed by atoms with Gasteiger partial charge in [0.05, 0.1) is 6.61 Å². The fraction of sp³-hybridized carbons (Fsp3) is 0.217. The molecule has 28 heavy (non-hydrogen) atoms. The fourth-order valence-electron chi connectivity index (χ4n) is 3.28. The summed E-state index contributed by atoms with van der Waals surface area (Å²) in [6, 6.07) is 16.5. The zero-order chi connectivity index (χ0) is 19.5. The first-order valence-corrected chi connectivity index (χ1v) is 10.3. The largest absolute Gasteiger partial charge is 0.494 e. The number of ether oxygens (including phenoxy) is 1. The number of aryl methyl sites for hydroxylation is 1. The summed E-state index contributed by atoms with van der Waals surface area (Å²) >= 11 is 1.77. The SMILES string of the molecule is CCOc1ccc(-c2scc(Cc3nc(-c4ccccc4C)n[nH]3)c2C)cc1. The number of nitrogens with zero attached hydrogens (tertiary/aromatic N) is 2. The van der Waals surface area contributed by atoms with Gasteiger partial charge in [-0.2, -0.15) is 5.10 Å². The zero-order valence-electron chi connectivity index (χ0n) is 16.3. The molecule has 142 valence electrons. The van der Waals surface area contributed by atoms with Crippen LogP contribution in [0.2, 0.25) is 0 Å². The van der Waals surface area contributed by atoms with E-state index in [2.05, 4.69) is 53.7 Å². The summed E-state index contributed by atoms with van der Waals surface area (Å²) in [5.74, 6) is 2.55. The van der Waals surface area contributed by atoms with Gasteiger partial charge in [-0.25, -0.2) is 4.98 Å². The molecular weight excluding hydrogens is 366 g/mol. The van der Waals surface area contributed by atoms with Crippen molar-refractivity contribution < 1.29 is 4.74 Å². The van der Waals surface area contributed by atoms with Crippen molar-refractivity contribution >= 4 is 11.3 Å². The molecule has 0 amide bonds. The highest BCUT2D eigenvalue weighted by Gasteiger charge is 2.13. The van der Waals surface area contributed by atoms with Gasteiger partial charge in [-0.15, -0.1) is 11.3 Å². The van der Waals surface area contributed by atoms with Gasteiger partial charge in [-0.05, 0) is 72.7 Å². The van der Waals surface area contributed by atoms with Crippen LogP contribution in [-0.2, 0) is 6.42 Å². The molecule has 2 heterocycles. The van der Waals surface area contributed by atoms with E-state index in [-0.39, 0.29) is 0 Å². The van der Waals surface area contributed by atoms with Crippen LogP contribution >= 0.6 is 11.3 Å². The molecule has 0 aliphatic rings. The molecule has 0 aliphatic heterocycles. The van der Waals surface area contributed by atoms with Crippen LogP contribution in [0.1, 0.15) is 29.4 Å². The number of thiophene rings is 1. The number of aromatic amines is 1. The standard InChI is InChI=1S/C23H23N3OS/c1-4-27-19-11-9-17(10-12-19)22-16(3)18(14-28-22)13-21-24-23(26-25-21)20-8-6-5-7-15(20)2/h5-12,14H,4,13H2,1-3H3,(H,24,25,26). The van der Waals surface area contributed by atoms with Crippen molar-refractivity contribution in [2.45, 2.75) is 27.2 Å². The molecule has 4 nitrogen and oxygen atoms in total. The van der Waals surface area contributed by atoms with Crippen LogP contribution < -0.4 is 4.74 Å². The molecule has 4 rings (SSSR count). The Labute approximate surface area is 169 Å². The summed E-state index contributed by atoms with van der Waals surface area (Å²) < 4.78 is 5.54. The molecule has 0 atom stereocenters. The summed E-state index contributed by atoms with van der Waals surface area (Å²) in [6.45, 7) is 6.94. The van der Waals surface area contributed by atoms with E-state index in [4.69, 9.17) is 9.72 Å². The maximum Gasteiger partial charge on any atom is 0.181 e. The number of hydrogen-bond acceptors (Lipinski definition) is 4. The van der Waals surface area contributed by atoms with Crippen LogP contribution in [0.25, 0.3) is 21.8 Å². The Kier molecular flexibility index (Phi) is 5.26. The second kappa shape index (κ2) is 7.98. The maximum absolute atomic E-state index is 5.54. The predicted molar refractivity (Wildman–Crippen MR) is 115 cm³/mol. The summed E-state index contributed by atoms with van der Waals surface area (Å²) in [5.41, 5.74) is 6.04. The van der Waals surface area contributed by atoms with Gasteiger partial charge in [0.2, 0.25) is 0 Å². The van der Waals surface area contributed by atoms with Crippen molar-refractivity contribution in [2.75, 3.05) is 6.61 Å². The third-order valence-corrected chi connectivity index (χ3v) is 6.02. The monoisotopic (exact) mass is 389 g/mol. The summed E-state index contributed by atoms with van der Waals surface area (Å²) in [5, 5.41) is 9.74. The normalized spacial score (nSPS) is 11.0. The topological polar surface area (TPSA) is 50.8 Å². The third kappa shape index (κ3) is 3.71. The molecule has 5 heteroatoms. The summed E-state index contributed by atoms with van der Waals surface area (Å²) in [4.78, 5) is 6.00. The van der Waals surface area contributed by atoms with Gasteiger partial charge in [-0.1, -0.05) is 24.3 Å². The van der Waals surface area contributed by atoms with Gasteiger partial charge in [0, 0.05) is 16.9 Å². The average molecular weight is 390 g/mol. The lowest BCUT2D eigenvalue weighted by molar-refractivity contribution is 0.340. The van der Waals surface area contributed by atoms with Crippen LogP contribution in [0, 0.1) is 13.8 Å². The maximum atomic E-state index is 5.54. The second-order valence-corrected chi connectivity index (χ2v) is 7.65. The molecule has 0 aliphatic carbocycles. The summed E-state index contributed by atoms with van der Waals surface area (Å²) in [6.07, 6.45) is 0.748. The first kappa shape index (κ1) is 18.4. The Morgan fingerprint density at radius 2 is 1.82 bits per heavy atom. The van der Waals surface area contributed by atoms with Crippen molar-refractivity contribution in [3.8, 4) is 27.6 Å². The van der Waals surface area contributed by atoms with E-state index in [1.54, 1.807) is 11.3 Å². The molecular formula is C23H23N3OS. The van der Waals surface area contributed by atoms with Gasteiger partial charge >= 0.3 is 0 Å². The smallest absolute Gasteiger partial charge is 0.181 e. The molecule has 2 aromatic heterocycles. The van der Waals surface area contributed by atoms with Gasteiger partial charge < -0.3 is 4.74 Å². The highest BCUT2D eigenvalue weighted by atomic mass is 32.1. The molecule has 0 fully saturated rings. The van der Waals surface area contributed by atoms with Gasteiger partial charge in [-0.3, -0.25) is 5.10 Å². The number of benzene rings is 2. The minimum absolute atomic E-state index is 0.684. The molecule has 0 saturated heterocycles. The lowest BCUT2D eigenvalue weighted by atomic mass is 10.0. The number of aromatic nitrogens is 3. The third-order valence-electron chi connectivity index (χ3n) is 4.84. The fourth-order valence-corrected chi connectivity index (χ4v) is 4.38. The van der Waals surface area contributed by atoms with E-state index >= 15 is 0 Å². The highest BCUT2D eigenvalue weighted by molar-refractivity contribution is 7.14. The molecule has 2 aromatic carbocycles. The lowest BCUT2D eigenvalue weighted by Gasteiger charge is -2.05. The van der Waals surface area contributed by atoms with Crippen molar-refractivity contribution in [1.82, 2.24) is 15.2 Å². The molecule has 0 bridgehead atoms. The molecule has 0 radical (unpaired) electrons. The van der Waals surface area contributed by atoms with E-state index in [1.807, 2.05) is 31.2 Å². The first-order chi connectivity index (χ1) is 13.7. The number of rotatable bonds is 6. The Hall–Kier alpha value is -2.92. The first-order valence-electron chi connectivity index (χ1n) is 9.43. The van der Waals surface area contributed by atoms with Crippen LogP contribution in [0.15, 0.2) is 53.9 Å². The van der Waals surface area contributed by atoms with Gasteiger partial charge in [0.1, 0.15) is 11.6 Å². The number of H-pyrrole nitrogens is 1.